The molecule has 6 aliphatic rings. The lowest BCUT2D eigenvalue weighted by atomic mass is 10.3. The van der Waals surface area contributed by atoms with E-state index < -0.39 is 85.0 Å². The van der Waals surface area contributed by atoms with Gasteiger partial charge in [-0.2, -0.15) is 0 Å². The first kappa shape index (κ1) is 58.5. The molecule has 0 aromatic rings. The summed E-state index contributed by atoms with van der Waals surface area (Å²) in [5, 5.41) is 0. The first-order chi connectivity index (χ1) is 30.9. The minimum atomic E-state index is -4.15. The minimum absolute atomic E-state index is 0.0470. The van der Waals surface area contributed by atoms with Crippen molar-refractivity contribution in [2.75, 3.05) is 19.8 Å². The monoisotopic (exact) mass is 1100 g/mol. The number of hydrogen-bond acceptors (Lipinski definition) is 16. The van der Waals surface area contributed by atoms with Crippen LogP contribution >= 0.6 is 0 Å². The zero-order chi connectivity index (χ0) is 50.1. The third kappa shape index (κ3) is 15.6. The second kappa shape index (κ2) is 22.6. The van der Waals surface area contributed by atoms with E-state index in [1.807, 2.05) is 0 Å². The normalized spacial score (nSPS) is 37.7. The molecule has 4 unspecified atom stereocenters. The predicted molar refractivity (Wildman–Crippen MR) is 275 cm³/mol. The van der Waals surface area contributed by atoms with E-state index in [9.17, 15) is 4.79 Å². The zero-order valence-electron chi connectivity index (χ0n) is 44.6. The molecule has 6 saturated heterocycles. The molecule has 0 aromatic carbocycles. The minimum Gasteiger partial charge on any atom is -0.460 e. The lowest BCUT2D eigenvalue weighted by Gasteiger charge is -2.63. The van der Waals surface area contributed by atoms with Crippen LogP contribution in [0.15, 0.2) is 12.2 Å². The van der Waals surface area contributed by atoms with Gasteiger partial charge in [-0.3, -0.25) is 0 Å². The van der Waals surface area contributed by atoms with Gasteiger partial charge in [0.1, 0.15) is 6.61 Å². The topological polar surface area (TPSA) is 156 Å². The quantitative estimate of drug-likeness (QED) is 0.0389. The average Bonchev–Trinajstić information content (AvgIpc) is 3.05. The van der Waals surface area contributed by atoms with Crippen LogP contribution < -0.4 is 0 Å². The number of esters is 1. The second-order valence-corrected chi connectivity index (χ2v) is 50.9. The van der Waals surface area contributed by atoms with Gasteiger partial charge in [-0.25, -0.2) is 4.79 Å². The Morgan fingerprint density at radius 3 is 0.821 bits per heavy atom. The van der Waals surface area contributed by atoms with Gasteiger partial charge in [-0.1, -0.05) is 117 Å². The second-order valence-electron chi connectivity index (χ2n) is 23.3. The highest BCUT2D eigenvalue weighted by Crippen LogP contribution is 2.55. The maximum atomic E-state index is 12.1. The van der Waals surface area contributed by atoms with E-state index in [1.54, 1.807) is 6.92 Å². The van der Waals surface area contributed by atoms with Crippen LogP contribution in [0.3, 0.4) is 0 Å². The molecule has 6 aliphatic heterocycles. The van der Waals surface area contributed by atoms with E-state index in [1.165, 1.54) is 0 Å². The lowest BCUT2D eigenvalue weighted by molar-refractivity contribution is -0.140. The molecular weight excluding hydrogens is 1010 g/mol. The zero-order valence-corrected chi connectivity index (χ0v) is 53.6. The summed E-state index contributed by atoms with van der Waals surface area (Å²) < 4.78 is 115. The van der Waals surface area contributed by atoms with Crippen LogP contribution in [0, 0.1) is 47.3 Å². The molecule has 0 saturated carbocycles. The SMILES string of the molecule is C=C(C)C(=O)OCCOCCC[Si]1(C)O[Si]2(CC(C)C)O[Si]3(CC(C)C)O[Si]4(CC(C)C)O[Si](CC(C)C)(O1)O[Si]1(CC(C)C)O[Si](CC(C)C)(O2)O[Si](CC(C)C)(O3)O[Si](CC(C)C)(O4)O1. The Morgan fingerprint density at radius 2 is 0.612 bits per heavy atom. The van der Waals surface area contributed by atoms with Crippen molar-refractivity contribution in [3.05, 3.63) is 12.2 Å². The standard InChI is InChI=1S/C42H90O16Si9/c1-33(2)25-60-46-59(19,24-20-21-44-22-23-45-42(43)41(17)18)47-61(26-34(3)4)50-64(29-37(9)10)52-62(48-60,27-35(5)6)54-66(31-39(13)14)55-63(49-60,28-36(7)8)53-65(51-61,30-38(11)12)57-67(56-64,58-66)32-40(15)16/h33-40H,17,20-32H2,1-16,18-19H3. The number of ether oxygens (including phenoxy) is 2. The van der Waals surface area contributed by atoms with E-state index in [-0.39, 0.29) is 60.6 Å². The third-order valence-electron chi connectivity index (χ3n) is 11.2. The van der Waals surface area contributed by atoms with Crippen molar-refractivity contribution in [1.82, 2.24) is 0 Å². The van der Waals surface area contributed by atoms with Gasteiger partial charge in [0.2, 0.25) is 0 Å². The summed E-state index contributed by atoms with van der Waals surface area (Å²) in [5.74, 6) is -0.00681. The first-order valence-electron chi connectivity index (χ1n) is 25.4. The molecular formula is C42H90O16Si9. The lowest BCUT2D eigenvalue weighted by Crippen LogP contribution is -2.87. The Labute approximate surface area is 414 Å². The molecule has 0 spiro atoms. The van der Waals surface area contributed by atoms with Crippen molar-refractivity contribution in [3.8, 4) is 0 Å². The van der Waals surface area contributed by atoms with Gasteiger partial charge in [0.15, 0.2) is 0 Å². The number of carbonyl (C=O) groups excluding carboxylic acids is 1. The molecule has 67 heavy (non-hydrogen) atoms. The van der Waals surface area contributed by atoms with E-state index in [2.05, 4.69) is 124 Å². The summed E-state index contributed by atoms with van der Waals surface area (Å²) in [7, 11) is -36.5. The molecule has 0 amide bonds. The van der Waals surface area contributed by atoms with Crippen molar-refractivity contribution >= 4 is 85.0 Å². The molecule has 0 aromatic heterocycles. The largest absolute Gasteiger partial charge is 0.479 e. The molecule has 6 fully saturated rings. The predicted octanol–water partition coefficient (Wildman–Crippen LogP) is 10.6. The van der Waals surface area contributed by atoms with E-state index in [0.29, 0.717) is 73.0 Å². The van der Waals surface area contributed by atoms with Crippen LogP contribution in [0.1, 0.15) is 124 Å². The summed E-state index contributed by atoms with van der Waals surface area (Å²) >= 11 is 0. The maximum absolute atomic E-state index is 12.1. The Hall–Kier alpha value is 0.602. The maximum Gasteiger partial charge on any atom is 0.479 e. The van der Waals surface area contributed by atoms with Crippen LogP contribution in [0.5, 0.6) is 0 Å². The first-order valence-corrected chi connectivity index (χ1v) is 43.3. The van der Waals surface area contributed by atoms with Gasteiger partial charge >= 0.3 is 85.0 Å². The van der Waals surface area contributed by atoms with Gasteiger partial charge in [-0.15, -0.1) is 0 Å². The van der Waals surface area contributed by atoms with Crippen LogP contribution in [0.4, 0.5) is 0 Å². The Morgan fingerprint density at radius 1 is 0.388 bits per heavy atom. The molecule has 8 bridgehead atoms. The highest BCUT2D eigenvalue weighted by atomic mass is 28.6. The van der Waals surface area contributed by atoms with Crippen LogP contribution in [-0.2, 0) is 67.8 Å². The number of rotatable bonds is 24. The molecule has 0 radical (unpaired) electrons. The molecule has 0 N–H and O–H groups in total. The smallest absolute Gasteiger partial charge is 0.460 e. The number of hydrogen-bond donors (Lipinski definition) is 0. The molecule has 6 rings (SSSR count). The fourth-order valence-electron chi connectivity index (χ4n) is 9.80. The summed E-state index contributed by atoms with van der Waals surface area (Å²) in [6.45, 7) is 42.8. The van der Waals surface area contributed by atoms with Crippen molar-refractivity contribution < 1.29 is 67.8 Å². The molecule has 6 heterocycles. The molecule has 25 heteroatoms. The van der Waals surface area contributed by atoms with Crippen molar-refractivity contribution in [1.29, 1.82) is 0 Å². The molecule has 0 aliphatic carbocycles. The summed E-state index contributed by atoms with van der Waals surface area (Å²) in [6, 6.07) is 3.88. The molecule has 16 nitrogen and oxygen atoms in total. The van der Waals surface area contributed by atoms with E-state index in [0.717, 1.165) is 0 Å². The third-order valence-corrected chi connectivity index (χ3v) is 56.3. The van der Waals surface area contributed by atoms with Crippen molar-refractivity contribution in [2.45, 2.75) is 185 Å². The summed E-state index contributed by atoms with van der Waals surface area (Å²) in [5.41, 5.74) is 0.345. The number of fused-ring (bicyclic) bond motifs is 2. The number of carbonyl (C=O) groups is 1. The average molecular weight is 1100 g/mol. The van der Waals surface area contributed by atoms with Crippen LogP contribution in [0.2, 0.25) is 60.9 Å². The molecule has 390 valence electrons. The van der Waals surface area contributed by atoms with E-state index in [4.69, 9.17) is 63.0 Å². The van der Waals surface area contributed by atoms with Crippen LogP contribution in [0.25, 0.3) is 0 Å². The van der Waals surface area contributed by atoms with Crippen LogP contribution in [-0.4, -0.2) is 105 Å². The van der Waals surface area contributed by atoms with Gasteiger partial charge in [0.25, 0.3) is 0 Å². The fraction of sp³-hybridized carbons (Fsp3) is 0.929. The van der Waals surface area contributed by atoms with Gasteiger partial charge in [0, 0.05) is 60.5 Å². The highest BCUT2D eigenvalue weighted by Gasteiger charge is 2.82. The van der Waals surface area contributed by atoms with Crippen molar-refractivity contribution in [3.63, 3.8) is 0 Å². The van der Waals surface area contributed by atoms with E-state index >= 15 is 0 Å². The Kier molecular flexibility index (Phi) is 19.7. The van der Waals surface area contributed by atoms with Crippen molar-refractivity contribution in [2.24, 2.45) is 47.3 Å². The highest BCUT2D eigenvalue weighted by molar-refractivity contribution is 7.03. The Bertz CT molecular complexity index is 1530. The fourth-order valence-corrected chi connectivity index (χ4v) is 67.1. The van der Waals surface area contributed by atoms with Gasteiger partial charge in [-0.05, 0) is 73.3 Å². The van der Waals surface area contributed by atoms with Gasteiger partial charge in [0.05, 0.1) is 6.61 Å². The Balaban J connectivity index is 1.92. The summed E-state index contributed by atoms with van der Waals surface area (Å²) in [4.78, 5) is 12.1. The van der Waals surface area contributed by atoms with Gasteiger partial charge < -0.3 is 63.0 Å². The summed E-state index contributed by atoms with van der Waals surface area (Å²) in [6.07, 6.45) is 0.567. The molecule has 4 atom stereocenters.